The van der Waals surface area contributed by atoms with Crippen LogP contribution in [0.2, 0.25) is 0 Å². The first kappa shape index (κ1) is 21.0. The predicted octanol–water partition coefficient (Wildman–Crippen LogP) is 1.51. The summed E-state index contributed by atoms with van der Waals surface area (Å²) in [6.45, 7) is 0.950. The number of fused-ring (bicyclic) bond motifs is 1. The van der Waals surface area contributed by atoms with Gasteiger partial charge in [0.15, 0.2) is 5.69 Å². The predicted molar refractivity (Wildman–Crippen MR) is 116 cm³/mol. The van der Waals surface area contributed by atoms with E-state index < -0.39 is 16.4 Å². The molecule has 0 aliphatic carbocycles. The molecule has 32 heavy (non-hydrogen) atoms. The SMILES string of the molecule is O=C(NNC(=O)C1CCN(c2ccccc2[N+](=O)[O-])CC1)c1n[nH]c(=O)c2ccccc12. The monoisotopic (exact) mass is 436 g/mol. The maximum Gasteiger partial charge on any atom is 0.292 e. The van der Waals surface area contributed by atoms with Crippen molar-refractivity contribution in [1.82, 2.24) is 21.0 Å². The van der Waals surface area contributed by atoms with E-state index in [4.69, 9.17) is 0 Å². The molecule has 0 unspecified atom stereocenters. The summed E-state index contributed by atoms with van der Waals surface area (Å²) in [6.07, 6.45) is 0.960. The Hall–Kier alpha value is -4.28. The molecule has 2 heterocycles. The van der Waals surface area contributed by atoms with E-state index in [-0.39, 0.29) is 23.2 Å². The number of nitro benzene ring substituents is 1. The van der Waals surface area contributed by atoms with Crippen LogP contribution >= 0.6 is 0 Å². The van der Waals surface area contributed by atoms with E-state index in [1.807, 2.05) is 4.90 Å². The van der Waals surface area contributed by atoms with Crippen LogP contribution in [-0.2, 0) is 4.79 Å². The average molecular weight is 436 g/mol. The highest BCUT2D eigenvalue weighted by Crippen LogP contribution is 2.31. The maximum absolute atomic E-state index is 12.5. The van der Waals surface area contributed by atoms with Gasteiger partial charge in [-0.05, 0) is 25.0 Å². The molecule has 0 saturated carbocycles. The number of hydrogen-bond acceptors (Lipinski definition) is 7. The fraction of sp³-hybridized carbons (Fsp3) is 0.238. The fourth-order valence-electron chi connectivity index (χ4n) is 3.84. The number of hydrogen-bond donors (Lipinski definition) is 3. The molecule has 11 heteroatoms. The van der Waals surface area contributed by atoms with Crippen molar-refractivity contribution in [3.8, 4) is 0 Å². The van der Waals surface area contributed by atoms with Gasteiger partial charge in [-0.3, -0.25) is 35.3 Å². The molecule has 1 aliphatic heterocycles. The Morgan fingerprint density at radius 2 is 1.69 bits per heavy atom. The number of piperidine rings is 1. The number of rotatable bonds is 4. The van der Waals surface area contributed by atoms with Crippen LogP contribution in [0.25, 0.3) is 10.8 Å². The molecule has 0 spiro atoms. The van der Waals surface area contributed by atoms with E-state index >= 15 is 0 Å². The van der Waals surface area contributed by atoms with E-state index in [0.717, 1.165) is 0 Å². The zero-order chi connectivity index (χ0) is 22.7. The van der Waals surface area contributed by atoms with Crippen LogP contribution in [0, 0.1) is 16.0 Å². The van der Waals surface area contributed by atoms with Crippen LogP contribution in [0.5, 0.6) is 0 Å². The number of amides is 2. The number of aromatic nitrogens is 2. The van der Waals surface area contributed by atoms with Gasteiger partial charge in [-0.15, -0.1) is 0 Å². The highest BCUT2D eigenvalue weighted by molar-refractivity contribution is 6.05. The summed E-state index contributed by atoms with van der Waals surface area (Å²) in [6, 6.07) is 13.1. The Balaban J connectivity index is 1.36. The molecular weight excluding hydrogens is 416 g/mol. The largest absolute Gasteiger partial charge is 0.366 e. The molecule has 1 saturated heterocycles. The lowest BCUT2D eigenvalue weighted by molar-refractivity contribution is -0.384. The van der Waals surface area contributed by atoms with Crippen LogP contribution in [0.3, 0.4) is 0 Å². The van der Waals surface area contributed by atoms with Crippen molar-refractivity contribution in [1.29, 1.82) is 0 Å². The lowest BCUT2D eigenvalue weighted by Crippen LogP contribution is -2.47. The fourth-order valence-corrected chi connectivity index (χ4v) is 3.84. The van der Waals surface area contributed by atoms with E-state index in [1.54, 1.807) is 42.5 Å². The van der Waals surface area contributed by atoms with Crippen molar-refractivity contribution in [2.75, 3.05) is 18.0 Å². The van der Waals surface area contributed by atoms with Crippen LogP contribution in [0.15, 0.2) is 53.3 Å². The third-order valence-corrected chi connectivity index (χ3v) is 5.50. The summed E-state index contributed by atoms with van der Waals surface area (Å²) in [5.74, 6) is -1.35. The van der Waals surface area contributed by atoms with Gasteiger partial charge in [0.2, 0.25) is 5.91 Å². The normalized spacial score (nSPS) is 14.2. The molecule has 0 atom stereocenters. The standard InChI is InChI=1S/C21H20N6O5/c28-19(13-9-11-26(12-10-13)16-7-3-4-8-17(16)27(31)32)23-25-21(30)18-14-5-1-2-6-15(14)20(29)24-22-18/h1-8,13H,9-12H2,(H,23,28)(H,24,29)(H,25,30). The Labute approximate surface area is 181 Å². The van der Waals surface area contributed by atoms with Crippen molar-refractivity contribution in [2.24, 2.45) is 5.92 Å². The average Bonchev–Trinajstić information content (AvgIpc) is 2.83. The van der Waals surface area contributed by atoms with E-state index in [0.29, 0.717) is 42.4 Å². The summed E-state index contributed by atoms with van der Waals surface area (Å²) in [4.78, 5) is 49.6. The van der Waals surface area contributed by atoms with Crippen LogP contribution in [0.1, 0.15) is 23.3 Å². The number of benzene rings is 2. The molecule has 164 valence electrons. The number of hydrazine groups is 1. The van der Waals surface area contributed by atoms with Crippen molar-refractivity contribution in [3.05, 3.63) is 74.7 Å². The van der Waals surface area contributed by atoms with Gasteiger partial charge in [0, 0.05) is 30.5 Å². The minimum absolute atomic E-state index is 0.00768. The van der Waals surface area contributed by atoms with Crippen molar-refractivity contribution < 1.29 is 14.5 Å². The molecule has 3 aromatic rings. The molecule has 2 amide bonds. The third kappa shape index (κ3) is 4.13. The molecule has 1 aliphatic rings. The van der Waals surface area contributed by atoms with Gasteiger partial charge < -0.3 is 4.90 Å². The topological polar surface area (TPSA) is 150 Å². The second-order valence-electron chi connectivity index (χ2n) is 7.40. The highest BCUT2D eigenvalue weighted by Gasteiger charge is 2.28. The number of nitrogens with zero attached hydrogens (tertiary/aromatic N) is 3. The lowest BCUT2D eigenvalue weighted by atomic mass is 9.95. The van der Waals surface area contributed by atoms with Gasteiger partial charge in [-0.25, -0.2) is 5.10 Å². The summed E-state index contributed by atoms with van der Waals surface area (Å²) >= 11 is 0. The number of H-pyrrole nitrogens is 1. The number of aromatic amines is 1. The summed E-state index contributed by atoms with van der Waals surface area (Å²) in [7, 11) is 0. The number of para-hydroxylation sites is 2. The first-order valence-electron chi connectivity index (χ1n) is 10.0. The van der Waals surface area contributed by atoms with Crippen LogP contribution < -0.4 is 21.3 Å². The Bertz CT molecular complexity index is 1250. The van der Waals surface area contributed by atoms with E-state index in [9.17, 15) is 24.5 Å². The number of carbonyl (C=O) groups is 2. The Morgan fingerprint density at radius 1 is 1.03 bits per heavy atom. The summed E-state index contributed by atoms with van der Waals surface area (Å²) < 4.78 is 0. The molecule has 1 aromatic heterocycles. The zero-order valence-corrected chi connectivity index (χ0v) is 16.9. The quantitative estimate of drug-likeness (QED) is 0.414. The van der Waals surface area contributed by atoms with Gasteiger partial charge in [-0.2, -0.15) is 5.10 Å². The molecule has 2 aromatic carbocycles. The van der Waals surface area contributed by atoms with Gasteiger partial charge in [0.05, 0.1) is 10.3 Å². The van der Waals surface area contributed by atoms with Crippen molar-refractivity contribution in [2.45, 2.75) is 12.8 Å². The smallest absolute Gasteiger partial charge is 0.292 e. The molecule has 1 fully saturated rings. The molecular formula is C21H20N6O5. The minimum Gasteiger partial charge on any atom is -0.366 e. The first-order valence-corrected chi connectivity index (χ1v) is 10.0. The van der Waals surface area contributed by atoms with Crippen molar-refractivity contribution >= 4 is 34.0 Å². The summed E-state index contributed by atoms with van der Waals surface area (Å²) in [5, 5.41) is 18.0. The molecule has 0 radical (unpaired) electrons. The van der Waals surface area contributed by atoms with Crippen molar-refractivity contribution in [3.63, 3.8) is 0 Å². The van der Waals surface area contributed by atoms with Gasteiger partial charge in [0.25, 0.3) is 17.2 Å². The number of nitro groups is 1. The highest BCUT2D eigenvalue weighted by atomic mass is 16.6. The second-order valence-corrected chi connectivity index (χ2v) is 7.40. The summed E-state index contributed by atoms with van der Waals surface area (Å²) in [5.41, 5.74) is 4.91. The molecule has 11 nitrogen and oxygen atoms in total. The van der Waals surface area contributed by atoms with E-state index in [1.165, 1.54) is 6.07 Å². The van der Waals surface area contributed by atoms with E-state index in [2.05, 4.69) is 21.0 Å². The molecule has 0 bridgehead atoms. The molecule has 3 N–H and O–H groups in total. The van der Waals surface area contributed by atoms with Crippen LogP contribution in [0.4, 0.5) is 11.4 Å². The van der Waals surface area contributed by atoms with Gasteiger partial charge >= 0.3 is 0 Å². The zero-order valence-electron chi connectivity index (χ0n) is 16.9. The Morgan fingerprint density at radius 3 is 2.41 bits per heavy atom. The number of nitrogens with one attached hydrogen (secondary N) is 3. The third-order valence-electron chi connectivity index (χ3n) is 5.50. The molecule has 4 rings (SSSR count). The lowest BCUT2D eigenvalue weighted by Gasteiger charge is -2.32. The maximum atomic E-state index is 12.5. The van der Waals surface area contributed by atoms with Gasteiger partial charge in [0.1, 0.15) is 5.69 Å². The first-order chi connectivity index (χ1) is 15.5. The Kier molecular flexibility index (Phi) is 5.79. The second kappa shape index (κ2) is 8.84. The van der Waals surface area contributed by atoms with Crippen LogP contribution in [-0.4, -0.2) is 40.0 Å². The number of anilines is 1. The number of carbonyl (C=O) groups excluding carboxylic acids is 2. The minimum atomic E-state index is -0.650. The van der Waals surface area contributed by atoms with Gasteiger partial charge in [-0.1, -0.05) is 30.3 Å².